The molecular formula is C3H9N3OS. The van der Waals surface area contributed by atoms with Gasteiger partial charge in [-0.15, -0.1) is 0 Å². The van der Waals surface area contributed by atoms with E-state index in [4.69, 9.17) is 11.5 Å². The van der Waals surface area contributed by atoms with Crippen molar-refractivity contribution < 1.29 is 4.79 Å². The number of amides is 2. The number of rotatable bonds is 3. The van der Waals surface area contributed by atoms with Crippen molar-refractivity contribution in [3.63, 3.8) is 0 Å². The van der Waals surface area contributed by atoms with Gasteiger partial charge in [0.15, 0.2) is 0 Å². The van der Waals surface area contributed by atoms with E-state index >= 15 is 0 Å². The molecule has 0 saturated carbocycles. The first-order valence-electron chi connectivity index (χ1n) is 2.14. The number of nitrogens with one attached hydrogen (secondary N) is 1. The Labute approximate surface area is 52.1 Å². The summed E-state index contributed by atoms with van der Waals surface area (Å²) in [7, 11) is 0. The van der Waals surface area contributed by atoms with Crippen LogP contribution in [0.25, 0.3) is 0 Å². The topological polar surface area (TPSA) is 81.1 Å². The molecule has 5 N–H and O–H groups in total. The lowest BCUT2D eigenvalue weighted by molar-refractivity contribution is 0.254. The van der Waals surface area contributed by atoms with Crippen molar-refractivity contribution in [1.29, 1.82) is 0 Å². The lowest BCUT2D eigenvalue weighted by Gasteiger charge is -1.95. The molecule has 0 aliphatic rings. The SMILES string of the molecule is NCCSNC(N)=O. The summed E-state index contributed by atoms with van der Waals surface area (Å²) in [6, 6.07) is -0.525. The zero-order valence-electron chi connectivity index (χ0n) is 4.39. The Balaban J connectivity index is 2.82. The van der Waals surface area contributed by atoms with Gasteiger partial charge in [-0.25, -0.2) is 4.79 Å². The molecule has 8 heavy (non-hydrogen) atoms. The van der Waals surface area contributed by atoms with Crippen molar-refractivity contribution in [1.82, 2.24) is 4.72 Å². The van der Waals surface area contributed by atoms with Crippen molar-refractivity contribution in [3.8, 4) is 0 Å². The van der Waals surface area contributed by atoms with Crippen LogP contribution in [0.3, 0.4) is 0 Å². The van der Waals surface area contributed by atoms with E-state index in [1.54, 1.807) is 0 Å². The fourth-order valence-corrected chi connectivity index (χ4v) is 0.543. The molecule has 0 aromatic carbocycles. The number of nitrogens with two attached hydrogens (primary N) is 2. The third-order valence-corrected chi connectivity index (χ3v) is 1.18. The van der Waals surface area contributed by atoms with E-state index in [-0.39, 0.29) is 0 Å². The summed E-state index contributed by atoms with van der Waals surface area (Å²) in [5.41, 5.74) is 9.82. The lowest BCUT2D eigenvalue weighted by atomic mass is 10.8. The van der Waals surface area contributed by atoms with E-state index < -0.39 is 6.03 Å². The quantitative estimate of drug-likeness (QED) is 0.352. The molecule has 0 saturated heterocycles. The number of urea groups is 1. The van der Waals surface area contributed by atoms with Crippen LogP contribution in [0, 0.1) is 0 Å². The van der Waals surface area contributed by atoms with E-state index in [1.807, 2.05) is 0 Å². The summed E-state index contributed by atoms with van der Waals surface area (Å²) in [6.07, 6.45) is 0. The minimum absolute atomic E-state index is 0.525. The van der Waals surface area contributed by atoms with Crippen molar-refractivity contribution in [2.75, 3.05) is 12.3 Å². The molecule has 0 rings (SSSR count). The van der Waals surface area contributed by atoms with Gasteiger partial charge in [-0.05, 0) is 11.9 Å². The third-order valence-electron chi connectivity index (χ3n) is 0.393. The van der Waals surface area contributed by atoms with Gasteiger partial charge in [0.1, 0.15) is 0 Å². The molecule has 4 nitrogen and oxygen atoms in total. The maximum atomic E-state index is 9.92. The van der Waals surface area contributed by atoms with Crippen LogP contribution in [-0.4, -0.2) is 18.3 Å². The highest BCUT2D eigenvalue weighted by atomic mass is 32.2. The minimum atomic E-state index is -0.525. The summed E-state index contributed by atoms with van der Waals surface area (Å²) in [6.45, 7) is 0.547. The van der Waals surface area contributed by atoms with Gasteiger partial charge in [0, 0.05) is 12.3 Å². The summed E-state index contributed by atoms with van der Waals surface area (Å²) < 4.78 is 2.32. The molecule has 0 radical (unpaired) electrons. The van der Waals surface area contributed by atoms with Crippen LogP contribution in [0.1, 0.15) is 0 Å². The monoisotopic (exact) mass is 135 g/mol. The molecule has 0 aromatic rings. The van der Waals surface area contributed by atoms with Crippen LogP contribution in [-0.2, 0) is 0 Å². The van der Waals surface area contributed by atoms with Crippen LogP contribution < -0.4 is 16.2 Å². The zero-order valence-corrected chi connectivity index (χ0v) is 5.20. The van der Waals surface area contributed by atoms with Crippen LogP contribution in [0.4, 0.5) is 4.79 Å². The predicted molar refractivity (Wildman–Crippen MR) is 34.2 cm³/mol. The Morgan fingerprint density at radius 1 is 1.75 bits per heavy atom. The molecule has 0 aromatic heterocycles. The van der Waals surface area contributed by atoms with E-state index in [1.165, 1.54) is 11.9 Å². The summed E-state index contributed by atoms with van der Waals surface area (Å²) >= 11 is 1.21. The van der Waals surface area contributed by atoms with Crippen molar-refractivity contribution in [2.24, 2.45) is 11.5 Å². The molecular weight excluding hydrogens is 126 g/mol. The Kier molecular flexibility index (Phi) is 4.48. The molecule has 0 spiro atoms. The summed E-state index contributed by atoms with van der Waals surface area (Å²) in [4.78, 5) is 9.92. The predicted octanol–water partition coefficient (Wildman–Crippen LogP) is -0.738. The molecule has 0 heterocycles. The maximum absolute atomic E-state index is 9.92. The van der Waals surface area contributed by atoms with Gasteiger partial charge in [-0.3, -0.25) is 4.72 Å². The second kappa shape index (κ2) is 4.73. The summed E-state index contributed by atoms with van der Waals surface area (Å²) in [5, 5.41) is 0. The normalized spacial score (nSPS) is 8.62. The van der Waals surface area contributed by atoms with Gasteiger partial charge in [0.25, 0.3) is 0 Å². The molecule has 0 fully saturated rings. The van der Waals surface area contributed by atoms with Crippen LogP contribution in [0.15, 0.2) is 0 Å². The van der Waals surface area contributed by atoms with Gasteiger partial charge in [0.05, 0.1) is 0 Å². The first kappa shape index (κ1) is 7.58. The highest BCUT2D eigenvalue weighted by molar-refractivity contribution is 7.97. The largest absolute Gasteiger partial charge is 0.351 e. The van der Waals surface area contributed by atoms with Gasteiger partial charge in [-0.1, -0.05) is 0 Å². The smallest absolute Gasteiger partial charge is 0.322 e. The molecule has 0 atom stereocenters. The highest BCUT2D eigenvalue weighted by Crippen LogP contribution is 1.86. The van der Waals surface area contributed by atoms with E-state index in [2.05, 4.69) is 4.72 Å². The van der Waals surface area contributed by atoms with Gasteiger partial charge in [-0.2, -0.15) is 0 Å². The first-order valence-corrected chi connectivity index (χ1v) is 3.13. The summed E-state index contributed by atoms with van der Waals surface area (Å²) in [5.74, 6) is 0.697. The fourth-order valence-electron chi connectivity index (χ4n) is 0.181. The van der Waals surface area contributed by atoms with E-state index in [0.29, 0.717) is 12.3 Å². The number of primary amides is 1. The standard InChI is InChI=1S/C3H9N3OS/c4-1-2-8-6-3(5)7/h1-2,4H2,(H3,5,6,7). The Hall–Kier alpha value is -0.420. The molecule has 0 unspecified atom stereocenters. The number of carbonyl (C=O) groups excluding carboxylic acids is 1. The second-order valence-electron chi connectivity index (χ2n) is 1.10. The van der Waals surface area contributed by atoms with E-state index in [0.717, 1.165) is 0 Å². The van der Waals surface area contributed by atoms with Gasteiger partial charge >= 0.3 is 6.03 Å². The Morgan fingerprint density at radius 3 is 2.75 bits per heavy atom. The molecule has 2 amide bonds. The Morgan fingerprint density at radius 2 is 2.38 bits per heavy atom. The number of hydrogen-bond donors (Lipinski definition) is 3. The van der Waals surface area contributed by atoms with Crippen molar-refractivity contribution in [2.45, 2.75) is 0 Å². The second-order valence-corrected chi connectivity index (χ2v) is 2.00. The number of hydrogen-bond acceptors (Lipinski definition) is 3. The minimum Gasteiger partial charge on any atom is -0.351 e. The fraction of sp³-hybridized carbons (Fsp3) is 0.667. The lowest BCUT2D eigenvalue weighted by Crippen LogP contribution is -2.24. The maximum Gasteiger partial charge on any atom is 0.322 e. The molecule has 0 aliphatic carbocycles. The van der Waals surface area contributed by atoms with Crippen molar-refractivity contribution in [3.05, 3.63) is 0 Å². The van der Waals surface area contributed by atoms with E-state index in [9.17, 15) is 4.79 Å². The van der Waals surface area contributed by atoms with Crippen LogP contribution >= 0.6 is 11.9 Å². The average molecular weight is 135 g/mol. The first-order chi connectivity index (χ1) is 3.77. The molecule has 5 heteroatoms. The Bertz CT molecular complexity index is 76.9. The molecule has 48 valence electrons. The van der Waals surface area contributed by atoms with Gasteiger partial charge in [0.2, 0.25) is 0 Å². The highest BCUT2D eigenvalue weighted by Gasteiger charge is 1.87. The number of carbonyl (C=O) groups is 1. The molecule has 0 aliphatic heterocycles. The molecule has 0 bridgehead atoms. The van der Waals surface area contributed by atoms with Crippen LogP contribution in [0.5, 0.6) is 0 Å². The van der Waals surface area contributed by atoms with Crippen molar-refractivity contribution >= 4 is 18.0 Å². The van der Waals surface area contributed by atoms with Crippen LogP contribution in [0.2, 0.25) is 0 Å². The average Bonchev–Trinajstić information content (AvgIpc) is 1.66. The zero-order chi connectivity index (χ0) is 6.41. The van der Waals surface area contributed by atoms with Gasteiger partial charge < -0.3 is 11.5 Å². The third kappa shape index (κ3) is 5.58.